The third-order valence-electron chi connectivity index (χ3n) is 11.9. The summed E-state index contributed by atoms with van der Waals surface area (Å²) in [5.74, 6) is 0.742. The second-order valence-corrected chi connectivity index (χ2v) is 24.1. The molecule has 0 saturated heterocycles. The summed E-state index contributed by atoms with van der Waals surface area (Å²) in [5, 5.41) is 12.0. The van der Waals surface area contributed by atoms with E-state index in [-0.39, 0.29) is 11.9 Å². The fraction of sp³-hybridized carbons (Fsp3) is 0.391. The lowest BCUT2D eigenvalue weighted by molar-refractivity contribution is 0.0900. The molecule has 60 heavy (non-hydrogen) atoms. The minimum Gasteiger partial charge on any atom is -0.494 e. The van der Waals surface area contributed by atoms with Crippen molar-refractivity contribution in [3.8, 4) is 16.9 Å². The van der Waals surface area contributed by atoms with Gasteiger partial charge in [-0.3, -0.25) is 19.5 Å². The number of amides is 1. The van der Waals surface area contributed by atoms with Gasteiger partial charge in [-0.25, -0.2) is 0 Å². The molecule has 0 radical (unpaired) electrons. The first-order valence-electron chi connectivity index (χ1n) is 20.8. The number of hydrogen-bond donors (Lipinski definition) is 1. The van der Waals surface area contributed by atoms with Crippen LogP contribution in [0.2, 0.25) is 35.7 Å². The number of hydrazine groups is 2. The summed E-state index contributed by atoms with van der Waals surface area (Å²) in [5.41, 5.74) is 14.6. The maximum atomic E-state index is 15.5. The van der Waals surface area contributed by atoms with Crippen LogP contribution >= 0.6 is 23.2 Å². The number of carbonyl (C=O) groups is 1. The molecular formula is C46H56Cl2N8O3Si. The second kappa shape index (κ2) is 16.3. The van der Waals surface area contributed by atoms with E-state index in [4.69, 9.17) is 37.8 Å². The number of nitrogens with one attached hydrogen (secondary N) is 1. The van der Waals surface area contributed by atoms with E-state index >= 15 is 4.79 Å². The van der Waals surface area contributed by atoms with E-state index in [2.05, 4.69) is 78.6 Å². The Balaban J connectivity index is 1.24. The van der Waals surface area contributed by atoms with Crippen LogP contribution in [0.3, 0.4) is 0 Å². The van der Waals surface area contributed by atoms with Gasteiger partial charge >= 0.3 is 0 Å². The number of aromatic nitrogens is 4. The zero-order valence-corrected chi connectivity index (χ0v) is 38.9. The first-order valence-corrected chi connectivity index (χ1v) is 25.2. The lowest BCUT2D eigenvalue weighted by atomic mass is 9.98. The molecule has 0 bridgehead atoms. The fourth-order valence-corrected chi connectivity index (χ4v) is 9.88. The van der Waals surface area contributed by atoms with Crippen LogP contribution in [0.1, 0.15) is 58.0 Å². The van der Waals surface area contributed by atoms with E-state index in [1.165, 1.54) is 0 Å². The molecule has 0 saturated carbocycles. The molecule has 1 N–H and O–H groups in total. The van der Waals surface area contributed by atoms with Crippen molar-refractivity contribution in [1.29, 1.82) is 0 Å². The molecule has 11 nitrogen and oxygen atoms in total. The van der Waals surface area contributed by atoms with Crippen molar-refractivity contribution in [1.82, 2.24) is 29.5 Å². The zero-order chi connectivity index (χ0) is 42.8. The van der Waals surface area contributed by atoms with Crippen molar-refractivity contribution in [2.24, 2.45) is 7.05 Å². The molecule has 8 rings (SSSR count). The second-order valence-electron chi connectivity index (χ2n) is 17.7. The van der Waals surface area contributed by atoms with Crippen molar-refractivity contribution >= 4 is 70.4 Å². The van der Waals surface area contributed by atoms with Gasteiger partial charge in [-0.2, -0.15) is 5.10 Å². The Hall–Kier alpha value is -4.72. The van der Waals surface area contributed by atoms with Crippen LogP contribution in [-0.2, 0) is 24.9 Å². The van der Waals surface area contributed by atoms with Crippen LogP contribution in [0.15, 0.2) is 61.1 Å². The number of benzene rings is 3. The van der Waals surface area contributed by atoms with E-state index in [1.807, 2.05) is 85.1 Å². The highest BCUT2D eigenvalue weighted by molar-refractivity contribution is 6.76. The fourth-order valence-electron chi connectivity index (χ4n) is 8.76. The number of nitrogens with zero attached hydrogens (tertiary/aromatic N) is 7. The standard InChI is InChI=1S/C46H56Cl2N8O3Si/c1-28-22-34(23-29(2)43(28)48)59-19-11-12-35-36-14-15-38(47)42(41-31(4)49-52(7)32(41)5)44(36)56-30(3)25-54(46(57)45(35)56)40-26-53(27-58-20-21-60(8,9)10)39-16-13-33(24-37(39)40)55-18-17-51(6)50-55/h13-18,22-24,26,30,50H,11-12,19-21,25,27H2,1-10H3/t30-/m1/s1. The minimum atomic E-state index is -1.28. The van der Waals surface area contributed by atoms with E-state index in [0.717, 1.165) is 89.2 Å². The molecule has 3 aromatic carbocycles. The number of rotatable bonds is 13. The molecule has 0 spiro atoms. The van der Waals surface area contributed by atoms with Crippen LogP contribution in [0.4, 0.5) is 11.4 Å². The highest BCUT2D eigenvalue weighted by atomic mass is 35.5. The average Bonchev–Trinajstić information content (AvgIpc) is 3.94. The van der Waals surface area contributed by atoms with Gasteiger partial charge in [-0.1, -0.05) is 48.9 Å². The van der Waals surface area contributed by atoms with Crippen LogP contribution in [0.25, 0.3) is 32.9 Å². The van der Waals surface area contributed by atoms with Gasteiger partial charge in [0.2, 0.25) is 0 Å². The lowest BCUT2D eigenvalue weighted by Gasteiger charge is -2.34. The zero-order valence-electron chi connectivity index (χ0n) is 36.4. The van der Waals surface area contributed by atoms with E-state index in [1.54, 1.807) is 0 Å². The smallest absolute Gasteiger partial charge is 0.275 e. The molecule has 1 amide bonds. The van der Waals surface area contributed by atoms with Crippen LogP contribution < -0.4 is 20.2 Å². The number of aryl methyl sites for hydroxylation is 5. The van der Waals surface area contributed by atoms with Crippen molar-refractivity contribution in [2.75, 3.05) is 36.7 Å². The lowest BCUT2D eigenvalue weighted by Crippen LogP contribution is -2.42. The number of ether oxygens (including phenoxy) is 2. The number of halogens is 2. The Morgan fingerprint density at radius 1 is 0.933 bits per heavy atom. The predicted molar refractivity (Wildman–Crippen MR) is 248 cm³/mol. The maximum absolute atomic E-state index is 15.5. The van der Waals surface area contributed by atoms with Crippen molar-refractivity contribution < 1.29 is 14.3 Å². The van der Waals surface area contributed by atoms with Gasteiger partial charge in [0.05, 0.1) is 39.7 Å². The summed E-state index contributed by atoms with van der Waals surface area (Å²) < 4.78 is 18.9. The van der Waals surface area contributed by atoms with Crippen LogP contribution in [0, 0.1) is 27.7 Å². The quantitative estimate of drug-likeness (QED) is 0.0914. The highest BCUT2D eigenvalue weighted by Gasteiger charge is 2.38. The minimum absolute atomic E-state index is 0.0473. The van der Waals surface area contributed by atoms with Gasteiger partial charge in [0.1, 0.15) is 18.2 Å². The predicted octanol–water partition coefficient (Wildman–Crippen LogP) is 10.7. The maximum Gasteiger partial charge on any atom is 0.275 e. The van der Waals surface area contributed by atoms with Gasteiger partial charge in [-0.05, 0) is 107 Å². The molecule has 0 unspecified atom stereocenters. The number of anilines is 2. The molecule has 0 aliphatic carbocycles. The van der Waals surface area contributed by atoms with Crippen molar-refractivity contribution in [2.45, 2.75) is 85.9 Å². The van der Waals surface area contributed by atoms with Crippen molar-refractivity contribution in [3.05, 3.63) is 105 Å². The summed E-state index contributed by atoms with van der Waals surface area (Å²) in [4.78, 5) is 17.5. The van der Waals surface area contributed by atoms with Gasteiger partial charge in [0, 0.05) is 92.6 Å². The monoisotopic (exact) mass is 866 g/mol. The molecule has 2 aliphatic heterocycles. The van der Waals surface area contributed by atoms with E-state index in [0.29, 0.717) is 50.0 Å². The Morgan fingerprint density at radius 3 is 2.35 bits per heavy atom. The third-order valence-corrected chi connectivity index (χ3v) is 14.5. The van der Waals surface area contributed by atoms with E-state index in [9.17, 15) is 0 Å². The molecule has 2 aliphatic rings. The topological polar surface area (TPSA) is 85.0 Å². The summed E-state index contributed by atoms with van der Waals surface area (Å²) in [6.07, 6.45) is 7.37. The van der Waals surface area contributed by atoms with Crippen molar-refractivity contribution in [3.63, 3.8) is 0 Å². The summed E-state index contributed by atoms with van der Waals surface area (Å²) in [6.45, 7) is 19.4. The molecule has 316 valence electrons. The first kappa shape index (κ1) is 42.0. The molecular weight excluding hydrogens is 812 g/mol. The van der Waals surface area contributed by atoms with Gasteiger partial charge in [-0.15, -0.1) is 5.53 Å². The molecule has 3 aromatic heterocycles. The molecule has 6 aromatic rings. The number of hydrogen-bond acceptors (Lipinski definition) is 7. The van der Waals surface area contributed by atoms with Gasteiger partial charge in [0.15, 0.2) is 0 Å². The first-order chi connectivity index (χ1) is 28.5. The summed E-state index contributed by atoms with van der Waals surface area (Å²) >= 11 is 13.7. The Bertz CT molecular complexity index is 2650. The summed E-state index contributed by atoms with van der Waals surface area (Å²) in [7, 11) is 2.64. The Labute approximate surface area is 364 Å². The average molecular weight is 868 g/mol. The molecule has 14 heteroatoms. The van der Waals surface area contributed by atoms with Gasteiger partial charge < -0.3 is 23.5 Å². The van der Waals surface area contributed by atoms with Crippen LogP contribution in [0.5, 0.6) is 5.75 Å². The Kier molecular flexibility index (Phi) is 11.4. The normalized spacial score (nSPS) is 15.7. The third kappa shape index (κ3) is 7.73. The SMILES string of the molecule is Cc1cc(OCCCc2c3n(c4c(-c5c(C)nn(C)c5C)c(Cl)ccc24)[C@H](C)CN(c2cn(COCC[Si](C)(C)C)c4ccc(N5C=CN(C)N5)cc24)C3=O)cc(C)c1Cl. The summed E-state index contributed by atoms with van der Waals surface area (Å²) in [6, 6.07) is 15.4. The highest BCUT2D eigenvalue weighted by Crippen LogP contribution is 2.46. The van der Waals surface area contributed by atoms with Crippen LogP contribution in [-0.4, -0.2) is 64.7 Å². The molecule has 1 atom stereocenters. The molecule has 5 heterocycles. The largest absolute Gasteiger partial charge is 0.494 e. The van der Waals surface area contributed by atoms with Gasteiger partial charge in [0.25, 0.3) is 5.91 Å². The van der Waals surface area contributed by atoms with E-state index < -0.39 is 8.07 Å². The number of fused-ring (bicyclic) bond motifs is 4. The Morgan fingerprint density at radius 2 is 1.68 bits per heavy atom. The number of carbonyl (C=O) groups excluding carboxylic acids is 1. The molecule has 0 fully saturated rings.